The van der Waals surface area contributed by atoms with Crippen molar-refractivity contribution in [1.29, 1.82) is 0 Å². The number of nitrogens with one attached hydrogen (secondary N) is 1. The second-order valence-corrected chi connectivity index (χ2v) is 4.69. The number of unbranched alkanes of at least 4 members (excludes halogenated alkanes) is 1. The number of hydrogen-bond donors (Lipinski definition) is 1. The highest BCUT2D eigenvalue weighted by molar-refractivity contribution is 4.83. The molecule has 0 saturated carbocycles. The Kier molecular flexibility index (Phi) is 7.49. The van der Waals surface area contributed by atoms with Gasteiger partial charge in [0.1, 0.15) is 0 Å². The molecule has 2 atom stereocenters. The van der Waals surface area contributed by atoms with Crippen LogP contribution in [0.25, 0.3) is 0 Å². The summed E-state index contributed by atoms with van der Waals surface area (Å²) in [4.78, 5) is 2.48. The van der Waals surface area contributed by atoms with Gasteiger partial charge in [0.05, 0.1) is 12.7 Å². The van der Waals surface area contributed by atoms with Crippen molar-refractivity contribution < 1.29 is 4.74 Å². The highest BCUT2D eigenvalue weighted by Crippen LogP contribution is 2.14. The van der Waals surface area contributed by atoms with Crippen LogP contribution in [0.15, 0.2) is 12.7 Å². The zero-order chi connectivity index (χ0) is 12.5. The van der Waals surface area contributed by atoms with E-state index in [0.717, 1.165) is 39.2 Å². The van der Waals surface area contributed by atoms with E-state index >= 15 is 0 Å². The first kappa shape index (κ1) is 14.7. The molecule has 1 aliphatic rings. The van der Waals surface area contributed by atoms with Crippen molar-refractivity contribution in [2.24, 2.45) is 0 Å². The highest BCUT2D eigenvalue weighted by Gasteiger charge is 2.26. The highest BCUT2D eigenvalue weighted by atomic mass is 16.5. The fraction of sp³-hybridized carbons (Fsp3) is 0.857. The molecule has 17 heavy (non-hydrogen) atoms. The molecule has 3 nitrogen and oxygen atoms in total. The van der Waals surface area contributed by atoms with E-state index in [1.54, 1.807) is 0 Å². The van der Waals surface area contributed by atoms with Gasteiger partial charge in [-0.05, 0) is 32.4 Å². The van der Waals surface area contributed by atoms with Gasteiger partial charge >= 0.3 is 0 Å². The molecule has 0 aliphatic carbocycles. The third-order valence-corrected chi connectivity index (χ3v) is 3.46. The number of hydrogen-bond acceptors (Lipinski definition) is 3. The molecule has 100 valence electrons. The van der Waals surface area contributed by atoms with Gasteiger partial charge in [-0.3, -0.25) is 4.90 Å². The lowest BCUT2D eigenvalue weighted by atomic mass is 10.0. The molecular weight excluding hydrogens is 212 g/mol. The summed E-state index contributed by atoms with van der Waals surface area (Å²) in [6.45, 7) is 13.4. The first-order valence-electron chi connectivity index (χ1n) is 7.00. The van der Waals surface area contributed by atoms with Crippen molar-refractivity contribution in [2.45, 2.75) is 45.3 Å². The molecule has 0 aromatic rings. The van der Waals surface area contributed by atoms with E-state index in [-0.39, 0.29) is 0 Å². The van der Waals surface area contributed by atoms with Crippen molar-refractivity contribution in [2.75, 3.05) is 32.8 Å². The van der Waals surface area contributed by atoms with Gasteiger partial charge < -0.3 is 10.1 Å². The van der Waals surface area contributed by atoms with E-state index in [4.69, 9.17) is 4.74 Å². The normalized spacial score (nSPS) is 23.5. The molecule has 1 aliphatic heterocycles. The predicted octanol–water partition coefficient (Wildman–Crippen LogP) is 2.04. The molecule has 0 radical (unpaired) electrons. The summed E-state index contributed by atoms with van der Waals surface area (Å²) in [5, 5.41) is 3.57. The maximum absolute atomic E-state index is 5.93. The minimum absolute atomic E-state index is 0.355. The Morgan fingerprint density at radius 2 is 2.35 bits per heavy atom. The van der Waals surface area contributed by atoms with E-state index in [1.807, 2.05) is 6.08 Å². The summed E-state index contributed by atoms with van der Waals surface area (Å²) < 4.78 is 5.93. The van der Waals surface area contributed by atoms with Gasteiger partial charge in [0.25, 0.3) is 0 Å². The summed E-state index contributed by atoms with van der Waals surface area (Å²) in [5.74, 6) is 0. The van der Waals surface area contributed by atoms with Crippen LogP contribution in [0.2, 0.25) is 0 Å². The number of nitrogens with zero attached hydrogens (tertiary/aromatic N) is 1. The number of rotatable bonds is 8. The third-order valence-electron chi connectivity index (χ3n) is 3.46. The van der Waals surface area contributed by atoms with Crippen LogP contribution < -0.4 is 5.32 Å². The van der Waals surface area contributed by atoms with Crippen molar-refractivity contribution in [3.05, 3.63) is 12.7 Å². The fourth-order valence-electron chi connectivity index (χ4n) is 2.43. The van der Waals surface area contributed by atoms with Gasteiger partial charge in [-0.15, -0.1) is 6.58 Å². The first-order valence-corrected chi connectivity index (χ1v) is 7.00. The molecule has 0 spiro atoms. The first-order chi connectivity index (χ1) is 8.31. The van der Waals surface area contributed by atoms with E-state index in [1.165, 1.54) is 12.8 Å². The topological polar surface area (TPSA) is 24.5 Å². The Morgan fingerprint density at radius 1 is 1.53 bits per heavy atom. The zero-order valence-electron chi connectivity index (χ0n) is 11.5. The summed E-state index contributed by atoms with van der Waals surface area (Å²) in [6, 6.07) is 0.495. The van der Waals surface area contributed by atoms with Crippen LogP contribution in [0, 0.1) is 0 Å². The van der Waals surface area contributed by atoms with Crippen molar-refractivity contribution in [3.8, 4) is 0 Å². The molecule has 1 saturated heterocycles. The standard InChI is InChI=1S/C14H28N2O/c1-4-7-8-9-13(15-5-2)14-12-16(6-3)10-11-17-14/h4,13-15H,1,5-12H2,2-3H3. The largest absolute Gasteiger partial charge is 0.374 e. The molecule has 1 fully saturated rings. The quantitative estimate of drug-likeness (QED) is 0.519. The predicted molar refractivity (Wildman–Crippen MR) is 73.4 cm³/mol. The average Bonchev–Trinajstić information content (AvgIpc) is 2.38. The van der Waals surface area contributed by atoms with E-state index < -0.39 is 0 Å². The third kappa shape index (κ3) is 5.19. The van der Waals surface area contributed by atoms with Gasteiger partial charge in [0.2, 0.25) is 0 Å². The second kappa shape index (κ2) is 8.67. The lowest BCUT2D eigenvalue weighted by molar-refractivity contribution is -0.0461. The SMILES string of the molecule is C=CCCCC(NCC)C1CN(CC)CCO1. The van der Waals surface area contributed by atoms with Crippen LogP contribution >= 0.6 is 0 Å². The second-order valence-electron chi connectivity index (χ2n) is 4.69. The molecular formula is C14H28N2O. The van der Waals surface area contributed by atoms with Gasteiger partial charge in [-0.2, -0.15) is 0 Å². The Morgan fingerprint density at radius 3 is 3.00 bits per heavy atom. The molecule has 1 rings (SSSR count). The van der Waals surface area contributed by atoms with Crippen LogP contribution in [0.1, 0.15) is 33.1 Å². The maximum atomic E-state index is 5.93. The summed E-state index contributed by atoms with van der Waals surface area (Å²) in [5.41, 5.74) is 0. The monoisotopic (exact) mass is 240 g/mol. The van der Waals surface area contributed by atoms with Gasteiger partial charge in [0, 0.05) is 19.1 Å². The molecule has 3 heteroatoms. The van der Waals surface area contributed by atoms with Gasteiger partial charge in [0.15, 0.2) is 0 Å². The van der Waals surface area contributed by atoms with Crippen molar-refractivity contribution in [1.82, 2.24) is 10.2 Å². The molecule has 0 aromatic carbocycles. The Labute approximate surface area is 106 Å². The number of morpholine rings is 1. The summed E-state index contributed by atoms with van der Waals surface area (Å²) in [7, 11) is 0. The number of ether oxygens (including phenoxy) is 1. The van der Waals surface area contributed by atoms with E-state index in [0.29, 0.717) is 12.1 Å². The zero-order valence-corrected chi connectivity index (χ0v) is 11.5. The lowest BCUT2D eigenvalue weighted by Crippen LogP contribution is -2.52. The Bertz CT molecular complexity index is 208. The van der Waals surface area contributed by atoms with Gasteiger partial charge in [-0.25, -0.2) is 0 Å². The lowest BCUT2D eigenvalue weighted by Gasteiger charge is -2.37. The average molecular weight is 240 g/mol. The number of allylic oxidation sites excluding steroid dienone is 1. The van der Waals surface area contributed by atoms with Gasteiger partial charge in [-0.1, -0.05) is 19.9 Å². The maximum Gasteiger partial charge on any atom is 0.0855 e. The molecule has 2 unspecified atom stereocenters. The van der Waals surface area contributed by atoms with Crippen molar-refractivity contribution in [3.63, 3.8) is 0 Å². The van der Waals surface area contributed by atoms with Crippen LogP contribution in [0.5, 0.6) is 0 Å². The van der Waals surface area contributed by atoms with E-state index in [2.05, 4.69) is 30.6 Å². The van der Waals surface area contributed by atoms with Crippen molar-refractivity contribution >= 4 is 0 Å². The minimum atomic E-state index is 0.355. The minimum Gasteiger partial charge on any atom is -0.374 e. The molecule has 0 amide bonds. The molecule has 0 bridgehead atoms. The smallest absolute Gasteiger partial charge is 0.0855 e. The molecule has 0 aromatic heterocycles. The summed E-state index contributed by atoms with van der Waals surface area (Å²) >= 11 is 0. The van der Waals surface area contributed by atoms with E-state index in [9.17, 15) is 0 Å². The molecule has 1 N–H and O–H groups in total. The molecule has 1 heterocycles. The summed E-state index contributed by atoms with van der Waals surface area (Å²) in [6.07, 6.45) is 5.85. The van der Waals surface area contributed by atoms with Crippen LogP contribution in [-0.2, 0) is 4.74 Å². The number of likely N-dealkylation sites (N-methyl/N-ethyl adjacent to an activating group) is 2. The van der Waals surface area contributed by atoms with Crippen LogP contribution in [-0.4, -0.2) is 49.8 Å². The Hall–Kier alpha value is -0.380. The fourth-order valence-corrected chi connectivity index (χ4v) is 2.43. The van der Waals surface area contributed by atoms with Crippen LogP contribution in [0.3, 0.4) is 0 Å². The Balaban J connectivity index is 2.40. The van der Waals surface area contributed by atoms with Crippen LogP contribution in [0.4, 0.5) is 0 Å².